The number of hydrogen-bond donors (Lipinski definition) is 1. The normalized spacial score (nSPS) is 11.2. The molecule has 2 aromatic rings. The first-order valence-corrected chi connectivity index (χ1v) is 6.39. The molecule has 0 saturated carbocycles. The lowest BCUT2D eigenvalue weighted by atomic mass is 10.2. The van der Waals surface area contributed by atoms with Gasteiger partial charge in [-0.1, -0.05) is 11.8 Å². The van der Waals surface area contributed by atoms with Crippen LogP contribution in [0.4, 0.5) is 10.1 Å². The van der Waals surface area contributed by atoms with Crippen molar-refractivity contribution in [1.29, 1.82) is 0 Å². The van der Waals surface area contributed by atoms with E-state index in [0.717, 1.165) is 0 Å². The van der Waals surface area contributed by atoms with Gasteiger partial charge in [0.15, 0.2) is 11.0 Å². The van der Waals surface area contributed by atoms with Gasteiger partial charge in [-0.25, -0.2) is 19.0 Å². The molecule has 0 amide bonds. The molecule has 2 N–H and O–H groups in total. The smallest absolute Gasteiger partial charge is 0.158 e. The zero-order valence-corrected chi connectivity index (χ0v) is 13.5. The average molecular weight is 393 g/mol. The molecule has 0 unspecified atom stereocenters. The van der Waals surface area contributed by atoms with Crippen molar-refractivity contribution >= 4 is 46.6 Å². The fourth-order valence-electron chi connectivity index (χ4n) is 1.45. The van der Waals surface area contributed by atoms with E-state index < -0.39 is 5.82 Å². The number of nitrogens with two attached hydrogens (primary N) is 1. The lowest BCUT2D eigenvalue weighted by Gasteiger charge is -2.05. The fourth-order valence-corrected chi connectivity index (χ4v) is 1.64. The molecular formula is C11H13FIN5S. The van der Waals surface area contributed by atoms with Gasteiger partial charge in [-0.05, 0) is 25.3 Å². The Hall–Kier alpha value is -1.16. The third-order valence-electron chi connectivity index (χ3n) is 2.33. The summed E-state index contributed by atoms with van der Waals surface area (Å²) >= 11 is 1.31. The summed E-state index contributed by atoms with van der Waals surface area (Å²) in [4.78, 5) is 8.01. The van der Waals surface area contributed by atoms with Crippen molar-refractivity contribution in [2.75, 3.05) is 6.26 Å². The van der Waals surface area contributed by atoms with E-state index in [0.29, 0.717) is 22.4 Å². The second-order valence-electron chi connectivity index (χ2n) is 3.51. The number of rotatable bonds is 2. The molecule has 1 aromatic heterocycles. The van der Waals surface area contributed by atoms with Crippen molar-refractivity contribution in [3.05, 3.63) is 36.2 Å². The highest BCUT2D eigenvalue weighted by Crippen LogP contribution is 2.21. The van der Waals surface area contributed by atoms with Crippen LogP contribution < -0.4 is 5.73 Å². The quantitative estimate of drug-likeness (QED) is 0.484. The summed E-state index contributed by atoms with van der Waals surface area (Å²) in [6.07, 6.45) is 3.19. The topological polar surface area (TPSA) is 69.1 Å². The number of aromatic nitrogens is 3. The largest absolute Gasteiger partial charge is 0.378 e. The summed E-state index contributed by atoms with van der Waals surface area (Å²) in [7, 11) is 0. The Morgan fingerprint density at radius 1 is 1.47 bits per heavy atom. The van der Waals surface area contributed by atoms with E-state index in [-0.39, 0.29) is 24.0 Å². The van der Waals surface area contributed by atoms with Gasteiger partial charge in [-0.2, -0.15) is 5.10 Å². The Bertz CT molecular complexity index is 599. The fraction of sp³-hybridized carbons (Fsp3) is 0.182. The average Bonchev–Trinajstić information content (AvgIpc) is 2.75. The molecule has 0 radical (unpaired) electrons. The molecule has 0 aliphatic heterocycles. The van der Waals surface area contributed by atoms with Crippen LogP contribution in [0.3, 0.4) is 0 Å². The van der Waals surface area contributed by atoms with Gasteiger partial charge in [0.25, 0.3) is 0 Å². The molecule has 0 aliphatic carbocycles. The molecule has 0 aliphatic rings. The summed E-state index contributed by atoms with van der Waals surface area (Å²) < 4.78 is 15.4. The SMILES string of the molecule is CSC(N)=Nc1ccc(-n2ncnc2C)c(F)c1.I. The van der Waals surface area contributed by atoms with E-state index in [9.17, 15) is 4.39 Å². The first-order chi connectivity index (χ1) is 8.61. The van der Waals surface area contributed by atoms with Gasteiger partial charge in [-0.3, -0.25) is 0 Å². The van der Waals surface area contributed by atoms with E-state index >= 15 is 0 Å². The molecule has 0 bridgehead atoms. The van der Waals surface area contributed by atoms with Crippen LogP contribution in [-0.2, 0) is 0 Å². The van der Waals surface area contributed by atoms with Crippen molar-refractivity contribution < 1.29 is 4.39 Å². The Morgan fingerprint density at radius 3 is 2.74 bits per heavy atom. The first kappa shape index (κ1) is 15.9. The summed E-state index contributed by atoms with van der Waals surface area (Å²) in [5, 5.41) is 4.34. The standard InChI is InChI=1S/C11H12FN5S.HI/c1-7-14-6-15-17(7)10-4-3-8(5-9(10)12)16-11(13)18-2;/h3-6H,1-2H3,(H2,13,16);1H. The van der Waals surface area contributed by atoms with E-state index in [2.05, 4.69) is 15.1 Å². The van der Waals surface area contributed by atoms with Gasteiger partial charge in [0.05, 0.1) is 5.69 Å². The van der Waals surface area contributed by atoms with Crippen LogP contribution in [0.1, 0.15) is 5.82 Å². The predicted octanol–water partition coefficient (Wildman–Crippen LogP) is 2.64. The minimum atomic E-state index is -0.418. The van der Waals surface area contributed by atoms with Gasteiger partial charge < -0.3 is 5.73 Å². The second kappa shape index (κ2) is 6.85. The number of aryl methyl sites for hydroxylation is 1. The highest BCUT2D eigenvalue weighted by atomic mass is 127. The summed E-state index contributed by atoms with van der Waals surface area (Å²) in [5.74, 6) is 0.201. The molecular weight excluding hydrogens is 380 g/mol. The van der Waals surface area contributed by atoms with E-state index in [4.69, 9.17) is 5.73 Å². The molecule has 2 rings (SSSR count). The highest BCUT2D eigenvalue weighted by Gasteiger charge is 2.08. The van der Waals surface area contributed by atoms with Gasteiger partial charge in [0.2, 0.25) is 0 Å². The monoisotopic (exact) mass is 393 g/mol. The molecule has 0 spiro atoms. The number of aliphatic imine (C=N–C) groups is 1. The summed E-state index contributed by atoms with van der Waals surface area (Å²) in [6, 6.07) is 4.60. The van der Waals surface area contributed by atoms with Gasteiger partial charge in [-0.15, -0.1) is 24.0 Å². The van der Waals surface area contributed by atoms with Crippen LogP contribution >= 0.6 is 35.7 Å². The predicted molar refractivity (Wildman–Crippen MR) is 86.3 cm³/mol. The lowest BCUT2D eigenvalue weighted by molar-refractivity contribution is 0.608. The minimum Gasteiger partial charge on any atom is -0.378 e. The van der Waals surface area contributed by atoms with Crippen LogP contribution in [-0.4, -0.2) is 26.2 Å². The number of thioether (sulfide) groups is 1. The van der Waals surface area contributed by atoms with Gasteiger partial charge in [0, 0.05) is 6.07 Å². The van der Waals surface area contributed by atoms with E-state index in [1.54, 1.807) is 19.1 Å². The second-order valence-corrected chi connectivity index (χ2v) is 4.34. The number of hydrogen-bond acceptors (Lipinski definition) is 4. The molecule has 19 heavy (non-hydrogen) atoms. The lowest BCUT2D eigenvalue weighted by Crippen LogP contribution is -2.05. The third kappa shape index (κ3) is 3.66. The maximum Gasteiger partial charge on any atom is 0.158 e. The maximum atomic E-state index is 13.9. The summed E-state index contributed by atoms with van der Waals surface area (Å²) in [5.41, 5.74) is 6.39. The maximum absolute atomic E-state index is 13.9. The van der Waals surface area contributed by atoms with Crippen LogP contribution in [0.25, 0.3) is 5.69 Å². The van der Waals surface area contributed by atoms with Crippen molar-refractivity contribution in [1.82, 2.24) is 14.8 Å². The molecule has 0 atom stereocenters. The van der Waals surface area contributed by atoms with Gasteiger partial charge >= 0.3 is 0 Å². The van der Waals surface area contributed by atoms with Crippen molar-refractivity contribution in [3.63, 3.8) is 0 Å². The Balaban J connectivity index is 0.00000180. The van der Waals surface area contributed by atoms with Crippen molar-refractivity contribution in [2.24, 2.45) is 10.7 Å². The zero-order valence-electron chi connectivity index (χ0n) is 10.4. The Kier molecular flexibility index (Phi) is 5.73. The van der Waals surface area contributed by atoms with Crippen LogP contribution in [0, 0.1) is 12.7 Å². The van der Waals surface area contributed by atoms with Crippen LogP contribution in [0.5, 0.6) is 0 Å². The Labute approximate surface area is 131 Å². The highest BCUT2D eigenvalue weighted by molar-refractivity contribution is 14.0. The molecule has 1 heterocycles. The molecule has 1 aromatic carbocycles. The molecule has 0 fully saturated rings. The van der Waals surface area contributed by atoms with Crippen LogP contribution in [0.2, 0.25) is 0 Å². The number of amidine groups is 1. The van der Waals surface area contributed by atoms with E-state index in [1.807, 2.05) is 6.26 Å². The van der Waals surface area contributed by atoms with Crippen LogP contribution in [0.15, 0.2) is 29.5 Å². The van der Waals surface area contributed by atoms with Crippen molar-refractivity contribution in [2.45, 2.75) is 6.92 Å². The van der Waals surface area contributed by atoms with E-state index in [1.165, 1.54) is 28.8 Å². The van der Waals surface area contributed by atoms with Gasteiger partial charge in [0.1, 0.15) is 17.8 Å². The minimum absolute atomic E-state index is 0. The number of nitrogens with zero attached hydrogens (tertiary/aromatic N) is 4. The van der Waals surface area contributed by atoms with Crippen molar-refractivity contribution in [3.8, 4) is 5.69 Å². The number of benzene rings is 1. The molecule has 8 heteroatoms. The summed E-state index contributed by atoms with van der Waals surface area (Å²) in [6.45, 7) is 1.75. The zero-order chi connectivity index (χ0) is 13.1. The molecule has 5 nitrogen and oxygen atoms in total. The molecule has 0 saturated heterocycles. The Morgan fingerprint density at radius 2 is 2.21 bits per heavy atom. The molecule has 102 valence electrons. The number of halogens is 2. The first-order valence-electron chi connectivity index (χ1n) is 5.16. The third-order valence-corrected chi connectivity index (χ3v) is 2.84.